The Morgan fingerprint density at radius 2 is 1.96 bits per heavy atom. The van der Waals surface area contributed by atoms with Crippen molar-refractivity contribution in [2.45, 2.75) is 25.4 Å². The van der Waals surface area contributed by atoms with Crippen molar-refractivity contribution in [3.63, 3.8) is 0 Å². The molecule has 2 saturated heterocycles. The largest absolute Gasteiger partial charge is 0.481 e. The quantitative estimate of drug-likeness (QED) is 0.882. The molecule has 1 unspecified atom stereocenters. The second-order valence-electron chi connectivity index (χ2n) is 7.11. The Bertz CT molecular complexity index is 841. The zero-order valence-corrected chi connectivity index (χ0v) is 14.3. The molecule has 4 rings (SSSR count). The highest BCUT2D eigenvalue weighted by Gasteiger charge is 2.40. The summed E-state index contributed by atoms with van der Waals surface area (Å²) in [4.78, 5) is 28.9. The number of H-pyrrole nitrogens is 1. The smallest absolute Gasteiger partial charge is 0.309 e. The van der Waals surface area contributed by atoms with Crippen LogP contribution in [-0.4, -0.2) is 52.7 Å². The van der Waals surface area contributed by atoms with Gasteiger partial charge in [-0.05, 0) is 49.4 Å². The molecule has 2 aromatic rings. The van der Waals surface area contributed by atoms with Gasteiger partial charge in [0.1, 0.15) is 11.5 Å². The van der Waals surface area contributed by atoms with Crippen LogP contribution >= 0.6 is 0 Å². The molecule has 138 valence electrons. The predicted molar refractivity (Wildman–Crippen MR) is 92.4 cm³/mol. The summed E-state index contributed by atoms with van der Waals surface area (Å²) in [6, 6.07) is 6.06. The van der Waals surface area contributed by atoms with Gasteiger partial charge in [0.25, 0.3) is 5.91 Å². The lowest BCUT2D eigenvalue weighted by Crippen LogP contribution is -2.43. The number of nitrogens with one attached hydrogen (secondary N) is 1. The number of rotatable bonds is 3. The van der Waals surface area contributed by atoms with Crippen molar-refractivity contribution in [2.24, 2.45) is 11.8 Å². The Morgan fingerprint density at radius 1 is 1.19 bits per heavy atom. The van der Waals surface area contributed by atoms with Crippen molar-refractivity contribution in [1.82, 2.24) is 9.88 Å². The molecular formula is C19H21FN2O4. The van der Waals surface area contributed by atoms with E-state index in [-0.39, 0.29) is 23.7 Å². The summed E-state index contributed by atoms with van der Waals surface area (Å²) in [5, 5.41) is 9.99. The number of nitrogens with zero attached hydrogens (tertiary/aromatic N) is 1. The van der Waals surface area contributed by atoms with E-state index in [1.807, 2.05) is 0 Å². The minimum absolute atomic E-state index is 0.109. The molecule has 0 aliphatic carbocycles. The van der Waals surface area contributed by atoms with E-state index in [0.717, 1.165) is 18.4 Å². The Labute approximate surface area is 149 Å². The lowest BCUT2D eigenvalue weighted by Gasteiger charge is -2.35. The van der Waals surface area contributed by atoms with Crippen LogP contribution in [0.4, 0.5) is 4.39 Å². The molecule has 6 nitrogen and oxygen atoms in total. The minimum atomic E-state index is -0.795. The molecule has 0 spiro atoms. The molecule has 26 heavy (non-hydrogen) atoms. The minimum Gasteiger partial charge on any atom is -0.481 e. The third-order valence-electron chi connectivity index (χ3n) is 5.56. The molecule has 0 bridgehead atoms. The van der Waals surface area contributed by atoms with Crippen LogP contribution in [-0.2, 0) is 9.53 Å². The first-order chi connectivity index (χ1) is 12.5. The van der Waals surface area contributed by atoms with E-state index in [1.165, 1.54) is 12.1 Å². The number of carboxylic acid groups (broad SMARTS) is 1. The van der Waals surface area contributed by atoms with Gasteiger partial charge in [-0.15, -0.1) is 0 Å². The lowest BCUT2D eigenvalue weighted by atomic mass is 9.84. The first-order valence-electron chi connectivity index (χ1n) is 8.95. The number of ether oxygens (including phenoxy) is 1. The number of halogens is 1. The summed E-state index contributed by atoms with van der Waals surface area (Å²) in [6.45, 7) is 1.63. The number of piperidine rings is 1. The van der Waals surface area contributed by atoms with Gasteiger partial charge in [0.2, 0.25) is 0 Å². The van der Waals surface area contributed by atoms with E-state index < -0.39 is 11.9 Å². The zero-order chi connectivity index (χ0) is 18.3. The van der Waals surface area contributed by atoms with Crippen molar-refractivity contribution < 1.29 is 23.8 Å². The number of amides is 1. The molecule has 2 fully saturated rings. The van der Waals surface area contributed by atoms with Crippen molar-refractivity contribution in [3.8, 4) is 0 Å². The van der Waals surface area contributed by atoms with Crippen molar-refractivity contribution in [3.05, 3.63) is 35.8 Å². The van der Waals surface area contributed by atoms with Gasteiger partial charge < -0.3 is 19.7 Å². The Morgan fingerprint density at radius 3 is 2.69 bits per heavy atom. The molecule has 0 radical (unpaired) electrons. The molecular weight excluding hydrogens is 339 g/mol. The molecule has 1 aromatic carbocycles. The highest BCUT2D eigenvalue weighted by atomic mass is 19.1. The lowest BCUT2D eigenvalue weighted by molar-refractivity contribution is -0.145. The van der Waals surface area contributed by atoms with Crippen LogP contribution in [0.3, 0.4) is 0 Å². The normalized spacial score (nSPS) is 24.3. The van der Waals surface area contributed by atoms with Gasteiger partial charge in [0.15, 0.2) is 0 Å². The number of aromatic nitrogens is 1. The zero-order valence-electron chi connectivity index (χ0n) is 14.3. The van der Waals surface area contributed by atoms with E-state index in [4.69, 9.17) is 4.74 Å². The van der Waals surface area contributed by atoms with Crippen LogP contribution in [0, 0.1) is 17.7 Å². The Balaban J connectivity index is 1.42. The van der Waals surface area contributed by atoms with E-state index in [1.54, 1.807) is 17.0 Å². The van der Waals surface area contributed by atoms with Crippen molar-refractivity contribution in [1.29, 1.82) is 0 Å². The topological polar surface area (TPSA) is 82.6 Å². The van der Waals surface area contributed by atoms with E-state index in [2.05, 4.69) is 4.98 Å². The average Bonchev–Trinajstić information content (AvgIpc) is 3.28. The van der Waals surface area contributed by atoms with Gasteiger partial charge in [0.05, 0.1) is 12.0 Å². The van der Waals surface area contributed by atoms with Crippen molar-refractivity contribution >= 4 is 22.8 Å². The number of hydrogen-bond acceptors (Lipinski definition) is 3. The molecule has 3 heterocycles. The monoisotopic (exact) mass is 360 g/mol. The third kappa shape index (κ3) is 3.07. The van der Waals surface area contributed by atoms with Gasteiger partial charge in [-0.3, -0.25) is 9.59 Å². The maximum Gasteiger partial charge on any atom is 0.309 e. The predicted octanol–water partition coefficient (Wildman–Crippen LogP) is 2.65. The molecule has 2 aliphatic rings. The molecule has 2 atom stereocenters. The molecule has 2 aliphatic heterocycles. The fourth-order valence-corrected chi connectivity index (χ4v) is 4.16. The number of aliphatic carboxylic acids is 1. The summed E-state index contributed by atoms with van der Waals surface area (Å²) >= 11 is 0. The number of carbonyl (C=O) groups is 2. The second-order valence-corrected chi connectivity index (χ2v) is 7.11. The first kappa shape index (κ1) is 17.0. The van der Waals surface area contributed by atoms with Gasteiger partial charge in [-0.2, -0.15) is 0 Å². The summed E-state index contributed by atoms with van der Waals surface area (Å²) in [6.07, 6.45) is 1.77. The number of benzene rings is 1. The number of aromatic amines is 1. The molecule has 1 aromatic heterocycles. The molecule has 2 N–H and O–H groups in total. The molecule has 0 saturated carbocycles. The molecule has 7 heteroatoms. The van der Waals surface area contributed by atoms with Crippen molar-refractivity contribution in [2.75, 3.05) is 19.7 Å². The fraction of sp³-hybridized carbons (Fsp3) is 0.474. The average molecular weight is 360 g/mol. The highest BCUT2D eigenvalue weighted by Crippen LogP contribution is 2.33. The van der Waals surface area contributed by atoms with Crippen LogP contribution in [0.15, 0.2) is 24.3 Å². The summed E-state index contributed by atoms with van der Waals surface area (Å²) in [5.74, 6) is -1.51. The van der Waals surface area contributed by atoms with Crippen LogP contribution in [0.1, 0.15) is 29.8 Å². The SMILES string of the molecule is O=C(O)C1CCO[C@H]1C1CCN(C(=O)c2cc3cc(F)ccc3[nH]2)CC1. The Kier molecular flexibility index (Phi) is 4.40. The van der Waals surface area contributed by atoms with E-state index in [9.17, 15) is 19.1 Å². The molecule has 1 amide bonds. The maximum absolute atomic E-state index is 13.3. The van der Waals surface area contributed by atoms with Crippen LogP contribution in [0.25, 0.3) is 10.9 Å². The number of carboxylic acids is 1. The summed E-state index contributed by atoms with van der Waals surface area (Å²) in [7, 11) is 0. The number of carbonyl (C=O) groups excluding carboxylic acids is 1. The Hall–Kier alpha value is -2.41. The number of hydrogen-bond donors (Lipinski definition) is 2. The maximum atomic E-state index is 13.3. The number of likely N-dealkylation sites (tertiary alicyclic amines) is 1. The number of fused-ring (bicyclic) bond motifs is 1. The van der Waals surface area contributed by atoms with Gasteiger partial charge >= 0.3 is 5.97 Å². The third-order valence-corrected chi connectivity index (χ3v) is 5.56. The summed E-state index contributed by atoms with van der Waals surface area (Å²) in [5.41, 5.74) is 1.18. The standard InChI is InChI=1S/C19H21FN2O4/c20-13-1-2-15-12(9-13)10-16(21-15)18(23)22-6-3-11(4-7-22)17-14(19(24)25)5-8-26-17/h1-2,9-11,14,17,21H,3-8H2,(H,24,25)/t14?,17-/m0/s1. The van der Waals surface area contributed by atoms with E-state index >= 15 is 0 Å². The van der Waals surface area contributed by atoms with Crippen LogP contribution in [0.5, 0.6) is 0 Å². The van der Waals surface area contributed by atoms with Gasteiger partial charge in [0, 0.05) is 30.6 Å². The highest BCUT2D eigenvalue weighted by molar-refractivity contribution is 5.98. The first-order valence-corrected chi connectivity index (χ1v) is 8.95. The van der Waals surface area contributed by atoms with Gasteiger partial charge in [-0.25, -0.2) is 4.39 Å². The fourth-order valence-electron chi connectivity index (χ4n) is 4.16. The van der Waals surface area contributed by atoms with Gasteiger partial charge in [-0.1, -0.05) is 0 Å². The van der Waals surface area contributed by atoms with Crippen LogP contribution < -0.4 is 0 Å². The van der Waals surface area contributed by atoms with Crippen LogP contribution in [0.2, 0.25) is 0 Å². The van der Waals surface area contributed by atoms with E-state index in [0.29, 0.717) is 37.2 Å². The second kappa shape index (κ2) is 6.72. The summed E-state index contributed by atoms with van der Waals surface area (Å²) < 4.78 is 19.0.